The van der Waals surface area contributed by atoms with Gasteiger partial charge in [0.2, 0.25) is 10.0 Å². The number of aromatic nitrogens is 4. The van der Waals surface area contributed by atoms with E-state index in [0.717, 1.165) is 11.1 Å². The Morgan fingerprint density at radius 2 is 1.81 bits per heavy atom. The van der Waals surface area contributed by atoms with Crippen LogP contribution in [-0.4, -0.2) is 64.7 Å². The van der Waals surface area contributed by atoms with Gasteiger partial charge in [-0.2, -0.15) is 9.29 Å². The van der Waals surface area contributed by atoms with E-state index in [0.29, 0.717) is 49.4 Å². The van der Waals surface area contributed by atoms with Gasteiger partial charge in [-0.05, 0) is 35.9 Å². The molecule has 1 N–H and O–H groups in total. The van der Waals surface area contributed by atoms with Crippen LogP contribution in [0.5, 0.6) is 0 Å². The molecule has 12 heteroatoms. The van der Waals surface area contributed by atoms with E-state index >= 15 is 0 Å². The Kier molecular flexibility index (Phi) is 5.91. The summed E-state index contributed by atoms with van der Waals surface area (Å²) < 4.78 is 40.4. The Morgan fingerprint density at radius 3 is 2.57 bits per heavy atom. The molecule has 188 valence electrons. The van der Waals surface area contributed by atoms with E-state index in [1.807, 2.05) is 34.9 Å². The average Bonchev–Trinajstić information content (AvgIpc) is 3.57. The van der Waals surface area contributed by atoms with Crippen molar-refractivity contribution in [3.05, 3.63) is 78.3 Å². The third kappa shape index (κ3) is 4.35. The van der Waals surface area contributed by atoms with Gasteiger partial charge < -0.3 is 13.7 Å². The number of carbonyl (C=O) groups excluding carboxylic acids is 1. The number of rotatable bonds is 6. The topological polar surface area (TPSA) is 132 Å². The Hall–Kier alpha value is -4.13. The minimum Gasteiger partial charge on any atom is -0.459 e. The van der Waals surface area contributed by atoms with Crippen molar-refractivity contribution >= 4 is 43.9 Å². The van der Waals surface area contributed by atoms with Crippen LogP contribution < -0.4 is 5.32 Å². The predicted octanol–water partition coefficient (Wildman–Crippen LogP) is 2.89. The highest BCUT2D eigenvalue weighted by atomic mass is 32.2. The number of ether oxygens (including phenoxy) is 1. The molecule has 5 aromatic rings. The number of nitrogens with zero attached hydrogens (tertiary/aromatic N) is 5. The van der Waals surface area contributed by atoms with Gasteiger partial charge in [0.15, 0.2) is 11.4 Å². The summed E-state index contributed by atoms with van der Waals surface area (Å²) in [4.78, 5) is 17.2. The zero-order valence-electron chi connectivity index (χ0n) is 19.6. The summed E-state index contributed by atoms with van der Waals surface area (Å²) in [6.45, 7) is 1.78. The molecular formula is C25H22N6O5S. The second kappa shape index (κ2) is 9.39. The SMILES string of the molecule is O=C(Nc1nnc2c3cc(S(=O)(=O)N4CCOCC4)ccc3n(Cc3ccccc3)c2n1)c1ccco1. The van der Waals surface area contributed by atoms with E-state index in [1.54, 1.807) is 24.3 Å². The highest BCUT2D eigenvalue weighted by molar-refractivity contribution is 7.89. The predicted molar refractivity (Wildman–Crippen MR) is 135 cm³/mol. The highest BCUT2D eigenvalue weighted by Crippen LogP contribution is 2.31. The standard InChI is InChI=1S/C25H22N6O5S/c32-24(21-7-4-12-36-21)27-25-26-23-22(28-29-25)19-15-18(37(33,34)30-10-13-35-14-11-30)8-9-20(19)31(23)16-17-5-2-1-3-6-17/h1-9,12,15H,10-11,13-14,16H2,(H,26,27,29,32). The van der Waals surface area contributed by atoms with Crippen molar-refractivity contribution in [3.8, 4) is 0 Å². The molecular weight excluding hydrogens is 496 g/mol. The second-order valence-electron chi connectivity index (χ2n) is 8.51. The lowest BCUT2D eigenvalue weighted by molar-refractivity contribution is 0.0730. The number of hydrogen-bond acceptors (Lipinski definition) is 8. The number of fused-ring (bicyclic) bond motifs is 3. The van der Waals surface area contributed by atoms with E-state index in [1.165, 1.54) is 16.6 Å². The maximum Gasteiger partial charge on any atom is 0.293 e. The van der Waals surface area contributed by atoms with Gasteiger partial charge in [0.25, 0.3) is 11.9 Å². The minimum absolute atomic E-state index is 0.00665. The summed E-state index contributed by atoms with van der Waals surface area (Å²) in [6.07, 6.45) is 1.40. The Balaban J connectivity index is 1.47. The van der Waals surface area contributed by atoms with Crippen LogP contribution in [-0.2, 0) is 21.3 Å². The first-order valence-electron chi connectivity index (χ1n) is 11.6. The summed E-state index contributed by atoms with van der Waals surface area (Å²) in [6, 6.07) is 17.9. The van der Waals surface area contributed by atoms with E-state index in [2.05, 4.69) is 20.5 Å². The van der Waals surface area contributed by atoms with Crippen LogP contribution in [0.15, 0.2) is 76.2 Å². The van der Waals surface area contributed by atoms with Gasteiger partial charge in [-0.3, -0.25) is 10.1 Å². The molecule has 0 saturated carbocycles. The van der Waals surface area contributed by atoms with Crippen molar-refractivity contribution in [2.75, 3.05) is 31.6 Å². The fourth-order valence-electron chi connectivity index (χ4n) is 4.38. The Morgan fingerprint density at radius 1 is 1.00 bits per heavy atom. The molecule has 2 aromatic carbocycles. The molecule has 0 unspecified atom stereocenters. The van der Waals surface area contributed by atoms with Gasteiger partial charge in [0, 0.05) is 25.0 Å². The molecule has 11 nitrogen and oxygen atoms in total. The first-order chi connectivity index (χ1) is 18.0. The summed E-state index contributed by atoms with van der Waals surface area (Å²) in [5.74, 6) is -0.380. The maximum absolute atomic E-state index is 13.3. The summed E-state index contributed by atoms with van der Waals surface area (Å²) in [5.41, 5.74) is 2.66. The maximum atomic E-state index is 13.3. The summed E-state index contributed by atoms with van der Waals surface area (Å²) >= 11 is 0. The molecule has 3 aromatic heterocycles. The molecule has 1 fully saturated rings. The number of nitrogens with one attached hydrogen (secondary N) is 1. The van der Waals surface area contributed by atoms with Crippen LogP contribution in [0.25, 0.3) is 22.1 Å². The smallest absolute Gasteiger partial charge is 0.293 e. The molecule has 0 spiro atoms. The summed E-state index contributed by atoms with van der Waals surface area (Å²) in [5, 5.41) is 11.6. The lowest BCUT2D eigenvalue weighted by atomic mass is 10.2. The fourth-order valence-corrected chi connectivity index (χ4v) is 5.82. The molecule has 1 amide bonds. The third-order valence-corrected chi connectivity index (χ3v) is 8.09. The number of amides is 1. The van der Waals surface area contributed by atoms with Gasteiger partial charge in [0.1, 0.15) is 5.52 Å². The Bertz CT molecular complexity index is 1690. The number of sulfonamides is 1. The molecule has 1 saturated heterocycles. The van der Waals surface area contributed by atoms with Gasteiger partial charge in [-0.1, -0.05) is 30.3 Å². The Labute approximate surface area is 211 Å². The zero-order valence-corrected chi connectivity index (χ0v) is 20.4. The number of benzene rings is 2. The first-order valence-corrected chi connectivity index (χ1v) is 13.1. The molecule has 0 aliphatic carbocycles. The molecule has 0 radical (unpaired) electrons. The van der Waals surface area contributed by atoms with E-state index in [9.17, 15) is 13.2 Å². The van der Waals surface area contributed by atoms with Gasteiger partial charge in [0.05, 0.1) is 29.9 Å². The quantitative estimate of drug-likeness (QED) is 0.363. The van der Waals surface area contributed by atoms with Crippen molar-refractivity contribution in [1.29, 1.82) is 0 Å². The van der Waals surface area contributed by atoms with Crippen LogP contribution in [0, 0.1) is 0 Å². The minimum atomic E-state index is -3.71. The van der Waals surface area contributed by atoms with Gasteiger partial charge in [-0.25, -0.2) is 8.42 Å². The van der Waals surface area contributed by atoms with Crippen molar-refractivity contribution in [2.45, 2.75) is 11.4 Å². The number of furan rings is 1. The monoisotopic (exact) mass is 518 g/mol. The molecule has 0 bridgehead atoms. The van der Waals surface area contributed by atoms with Crippen molar-refractivity contribution in [3.63, 3.8) is 0 Å². The van der Waals surface area contributed by atoms with Crippen molar-refractivity contribution < 1.29 is 22.4 Å². The molecule has 1 aliphatic heterocycles. The number of carbonyl (C=O) groups is 1. The highest BCUT2D eigenvalue weighted by Gasteiger charge is 2.27. The second-order valence-corrected chi connectivity index (χ2v) is 10.4. The lowest BCUT2D eigenvalue weighted by Crippen LogP contribution is -2.40. The van der Waals surface area contributed by atoms with Crippen molar-refractivity contribution in [2.24, 2.45) is 0 Å². The lowest BCUT2D eigenvalue weighted by Gasteiger charge is -2.26. The van der Waals surface area contributed by atoms with Crippen molar-refractivity contribution in [1.82, 2.24) is 24.1 Å². The van der Waals surface area contributed by atoms with Crippen LogP contribution in [0.3, 0.4) is 0 Å². The normalized spacial score (nSPS) is 14.8. The van der Waals surface area contributed by atoms with Crippen LogP contribution in [0.1, 0.15) is 16.1 Å². The largest absolute Gasteiger partial charge is 0.459 e. The van der Waals surface area contributed by atoms with Crippen LogP contribution in [0.4, 0.5) is 5.95 Å². The van der Waals surface area contributed by atoms with Gasteiger partial charge >= 0.3 is 0 Å². The van der Waals surface area contributed by atoms with Crippen LogP contribution in [0.2, 0.25) is 0 Å². The molecule has 6 rings (SSSR count). The third-order valence-electron chi connectivity index (χ3n) is 6.20. The zero-order chi connectivity index (χ0) is 25.4. The average molecular weight is 519 g/mol. The molecule has 1 aliphatic rings. The van der Waals surface area contributed by atoms with Gasteiger partial charge in [-0.15, -0.1) is 10.2 Å². The first kappa shape index (κ1) is 23.3. The fraction of sp³-hybridized carbons (Fsp3) is 0.200. The molecule has 4 heterocycles. The molecule has 37 heavy (non-hydrogen) atoms. The summed E-state index contributed by atoms with van der Waals surface area (Å²) in [7, 11) is -3.71. The molecule has 0 atom stereocenters. The number of anilines is 1. The van der Waals surface area contributed by atoms with E-state index in [-0.39, 0.29) is 16.6 Å². The number of morpholine rings is 1. The van der Waals surface area contributed by atoms with E-state index in [4.69, 9.17) is 9.15 Å². The van der Waals surface area contributed by atoms with E-state index < -0.39 is 15.9 Å². The van der Waals surface area contributed by atoms with Crippen LogP contribution >= 0.6 is 0 Å². The number of hydrogen-bond donors (Lipinski definition) is 1.